The molecule has 1 saturated heterocycles. The number of aromatic nitrogens is 1. The molecule has 0 aliphatic carbocycles. The third-order valence-electron chi connectivity index (χ3n) is 2.53. The maximum Gasteiger partial charge on any atom is 0.198 e. The van der Waals surface area contributed by atoms with Gasteiger partial charge >= 0.3 is 0 Å². The predicted octanol–water partition coefficient (Wildman–Crippen LogP) is 0.630. The Kier molecular flexibility index (Phi) is 2.56. The van der Waals surface area contributed by atoms with Crippen LogP contribution in [0.4, 0.5) is 0 Å². The maximum atomic E-state index is 11.2. The molecule has 0 amide bonds. The molecule has 0 radical (unpaired) electrons. The lowest BCUT2D eigenvalue weighted by Crippen LogP contribution is -2.03. The van der Waals surface area contributed by atoms with Crippen molar-refractivity contribution < 1.29 is 17.9 Å². The summed E-state index contributed by atoms with van der Waals surface area (Å²) in [4.78, 5) is 3.99. The van der Waals surface area contributed by atoms with Gasteiger partial charge in [0.15, 0.2) is 21.5 Å². The van der Waals surface area contributed by atoms with Crippen LogP contribution in [0.1, 0.15) is 37.0 Å². The summed E-state index contributed by atoms with van der Waals surface area (Å²) in [5, 5.41) is 9.23. The fourth-order valence-electron chi connectivity index (χ4n) is 1.67. The normalized spacial score (nSPS) is 26.7. The molecule has 1 aliphatic heterocycles. The second-order valence-corrected chi connectivity index (χ2v) is 6.11. The molecule has 2 atom stereocenters. The van der Waals surface area contributed by atoms with Crippen LogP contribution in [0.15, 0.2) is 10.6 Å². The summed E-state index contributed by atoms with van der Waals surface area (Å²) in [6.45, 7) is 1.58. The second kappa shape index (κ2) is 3.61. The van der Waals surface area contributed by atoms with Crippen LogP contribution in [0.5, 0.6) is 0 Å². The van der Waals surface area contributed by atoms with Crippen LogP contribution in [-0.4, -0.2) is 30.0 Å². The fraction of sp³-hybridized carbons (Fsp3) is 0.667. The average Bonchev–Trinajstić information content (AvgIpc) is 2.70. The Morgan fingerprint density at radius 2 is 2.40 bits per heavy atom. The molecule has 1 fully saturated rings. The molecule has 0 bridgehead atoms. The standard InChI is InChI=1S/C9H13NO4S/c1-6(11)8-4-10-9(14-8)7-2-3-15(12,13)5-7/h4,6-7,11H,2-3,5H2,1H3. The van der Waals surface area contributed by atoms with Gasteiger partial charge in [0.05, 0.1) is 23.6 Å². The van der Waals surface area contributed by atoms with E-state index in [2.05, 4.69) is 4.98 Å². The van der Waals surface area contributed by atoms with Crippen molar-refractivity contribution in [1.82, 2.24) is 4.98 Å². The van der Waals surface area contributed by atoms with Gasteiger partial charge in [0.25, 0.3) is 0 Å². The summed E-state index contributed by atoms with van der Waals surface area (Å²) >= 11 is 0. The van der Waals surface area contributed by atoms with Crippen LogP contribution < -0.4 is 0 Å². The molecule has 1 N–H and O–H groups in total. The quantitative estimate of drug-likeness (QED) is 0.807. The van der Waals surface area contributed by atoms with E-state index in [-0.39, 0.29) is 17.4 Å². The number of aliphatic hydroxyl groups is 1. The van der Waals surface area contributed by atoms with E-state index in [1.807, 2.05) is 0 Å². The van der Waals surface area contributed by atoms with Crippen molar-refractivity contribution in [3.63, 3.8) is 0 Å². The first kappa shape index (κ1) is 10.6. The zero-order valence-corrected chi connectivity index (χ0v) is 9.20. The Morgan fingerprint density at radius 3 is 2.87 bits per heavy atom. The van der Waals surface area contributed by atoms with Crippen molar-refractivity contribution in [2.45, 2.75) is 25.4 Å². The van der Waals surface area contributed by atoms with Crippen molar-refractivity contribution in [3.05, 3.63) is 17.8 Å². The topological polar surface area (TPSA) is 80.4 Å². The van der Waals surface area contributed by atoms with Gasteiger partial charge in [-0.15, -0.1) is 0 Å². The molecule has 0 aromatic carbocycles. The molecule has 84 valence electrons. The van der Waals surface area contributed by atoms with Gasteiger partial charge in [0, 0.05) is 0 Å². The van der Waals surface area contributed by atoms with E-state index in [1.54, 1.807) is 6.92 Å². The fourth-order valence-corrected chi connectivity index (χ4v) is 3.40. The monoisotopic (exact) mass is 231 g/mol. The van der Waals surface area contributed by atoms with E-state index in [1.165, 1.54) is 6.20 Å². The van der Waals surface area contributed by atoms with Crippen molar-refractivity contribution in [2.24, 2.45) is 0 Å². The van der Waals surface area contributed by atoms with Crippen LogP contribution >= 0.6 is 0 Å². The third-order valence-corrected chi connectivity index (χ3v) is 4.30. The summed E-state index contributed by atoms with van der Waals surface area (Å²) in [7, 11) is -2.92. The smallest absolute Gasteiger partial charge is 0.198 e. The van der Waals surface area contributed by atoms with E-state index >= 15 is 0 Å². The lowest BCUT2D eigenvalue weighted by atomic mass is 10.1. The van der Waals surface area contributed by atoms with Crippen molar-refractivity contribution in [3.8, 4) is 0 Å². The third kappa shape index (κ3) is 2.21. The van der Waals surface area contributed by atoms with Crippen molar-refractivity contribution >= 4 is 9.84 Å². The minimum atomic E-state index is -2.92. The first-order valence-electron chi connectivity index (χ1n) is 4.82. The zero-order valence-electron chi connectivity index (χ0n) is 8.38. The summed E-state index contributed by atoms with van der Waals surface area (Å²) < 4.78 is 27.8. The molecule has 0 spiro atoms. The van der Waals surface area contributed by atoms with Gasteiger partial charge in [-0.1, -0.05) is 0 Å². The van der Waals surface area contributed by atoms with Crippen LogP contribution in [-0.2, 0) is 9.84 Å². The average molecular weight is 231 g/mol. The number of nitrogens with zero attached hydrogens (tertiary/aromatic N) is 1. The van der Waals surface area contributed by atoms with Crippen LogP contribution in [0.2, 0.25) is 0 Å². The van der Waals surface area contributed by atoms with Gasteiger partial charge < -0.3 is 9.52 Å². The van der Waals surface area contributed by atoms with E-state index in [9.17, 15) is 13.5 Å². The van der Waals surface area contributed by atoms with Gasteiger partial charge in [-0.25, -0.2) is 13.4 Å². The highest BCUT2D eigenvalue weighted by molar-refractivity contribution is 7.91. The first-order chi connectivity index (χ1) is 6.98. The molecule has 6 heteroatoms. The molecule has 15 heavy (non-hydrogen) atoms. The molecule has 1 aliphatic rings. The molecule has 5 nitrogen and oxygen atoms in total. The summed E-state index contributed by atoms with van der Waals surface area (Å²) in [6.07, 6.45) is 1.30. The van der Waals surface area contributed by atoms with E-state index in [0.717, 1.165) is 0 Å². The largest absolute Gasteiger partial charge is 0.443 e. The van der Waals surface area contributed by atoms with E-state index < -0.39 is 15.9 Å². The molecule has 1 aromatic heterocycles. The number of aliphatic hydroxyl groups excluding tert-OH is 1. The Labute approximate surface area is 88.0 Å². The van der Waals surface area contributed by atoms with E-state index in [0.29, 0.717) is 18.1 Å². The maximum absolute atomic E-state index is 11.2. The molecular formula is C9H13NO4S. The number of hydrogen-bond acceptors (Lipinski definition) is 5. The highest BCUT2D eigenvalue weighted by Gasteiger charge is 2.32. The Balaban J connectivity index is 2.17. The molecule has 2 rings (SSSR count). The van der Waals surface area contributed by atoms with Gasteiger partial charge in [-0.2, -0.15) is 0 Å². The predicted molar refractivity (Wildman–Crippen MR) is 53.1 cm³/mol. The molecule has 0 saturated carbocycles. The van der Waals surface area contributed by atoms with E-state index in [4.69, 9.17) is 4.42 Å². The summed E-state index contributed by atoms with van der Waals surface area (Å²) in [5.74, 6) is 0.959. The lowest BCUT2D eigenvalue weighted by Gasteiger charge is -2.01. The van der Waals surface area contributed by atoms with Crippen molar-refractivity contribution in [2.75, 3.05) is 11.5 Å². The Bertz CT molecular complexity index is 448. The van der Waals surface area contributed by atoms with Gasteiger partial charge in [-0.05, 0) is 13.3 Å². The summed E-state index contributed by atoms with van der Waals surface area (Å²) in [6, 6.07) is 0. The molecular weight excluding hydrogens is 218 g/mol. The highest BCUT2D eigenvalue weighted by atomic mass is 32.2. The summed E-state index contributed by atoms with van der Waals surface area (Å²) in [5.41, 5.74) is 0. The molecule has 2 unspecified atom stereocenters. The van der Waals surface area contributed by atoms with Crippen molar-refractivity contribution in [1.29, 1.82) is 0 Å². The second-order valence-electron chi connectivity index (χ2n) is 3.88. The lowest BCUT2D eigenvalue weighted by molar-refractivity contribution is 0.166. The number of sulfone groups is 1. The minimum absolute atomic E-state index is 0.104. The molecule has 2 heterocycles. The van der Waals surface area contributed by atoms with Gasteiger partial charge in [0.1, 0.15) is 6.10 Å². The van der Waals surface area contributed by atoms with Crippen LogP contribution in [0.3, 0.4) is 0 Å². The molecule has 1 aromatic rings. The van der Waals surface area contributed by atoms with Gasteiger partial charge in [0.2, 0.25) is 0 Å². The zero-order chi connectivity index (χ0) is 11.1. The van der Waals surface area contributed by atoms with Crippen LogP contribution in [0.25, 0.3) is 0 Å². The minimum Gasteiger partial charge on any atom is -0.443 e. The van der Waals surface area contributed by atoms with Crippen LogP contribution in [0, 0.1) is 0 Å². The number of rotatable bonds is 2. The Hall–Kier alpha value is -0.880. The number of hydrogen-bond donors (Lipinski definition) is 1. The SMILES string of the molecule is CC(O)c1cnc(C2CCS(=O)(=O)C2)o1. The highest BCUT2D eigenvalue weighted by Crippen LogP contribution is 2.29. The Morgan fingerprint density at radius 1 is 1.67 bits per heavy atom. The number of oxazole rings is 1. The van der Waals surface area contributed by atoms with Gasteiger partial charge in [-0.3, -0.25) is 0 Å². The first-order valence-corrected chi connectivity index (χ1v) is 6.64.